The molecular formula is C14H21NO3. The van der Waals surface area contributed by atoms with E-state index in [0.29, 0.717) is 0 Å². The largest absolute Gasteiger partial charge is 0.467 e. The second kappa shape index (κ2) is 5.98. The molecule has 0 aliphatic heterocycles. The number of aryl methyl sites for hydroxylation is 1. The summed E-state index contributed by atoms with van der Waals surface area (Å²) in [6.45, 7) is 5.62. The van der Waals surface area contributed by atoms with E-state index in [1.165, 1.54) is 19.6 Å². The van der Waals surface area contributed by atoms with E-state index < -0.39 is 11.6 Å². The highest BCUT2D eigenvalue weighted by Crippen LogP contribution is 2.17. The third-order valence-corrected chi connectivity index (χ3v) is 3.03. The molecular weight excluding hydrogens is 230 g/mol. The SMILES string of the molecule is COC(=O)C(C)(O)CN[C@@H](C)c1ccccc1C. The maximum absolute atomic E-state index is 11.3. The zero-order valence-corrected chi connectivity index (χ0v) is 11.4. The zero-order chi connectivity index (χ0) is 13.8. The van der Waals surface area contributed by atoms with E-state index in [4.69, 9.17) is 0 Å². The molecule has 0 bridgehead atoms. The van der Waals surface area contributed by atoms with Gasteiger partial charge in [0.15, 0.2) is 5.60 Å². The number of aliphatic hydroxyl groups is 1. The van der Waals surface area contributed by atoms with Crippen molar-refractivity contribution >= 4 is 5.97 Å². The van der Waals surface area contributed by atoms with Crippen LogP contribution in [0.25, 0.3) is 0 Å². The van der Waals surface area contributed by atoms with Gasteiger partial charge in [-0.15, -0.1) is 0 Å². The summed E-state index contributed by atoms with van der Waals surface area (Å²) < 4.78 is 4.55. The molecule has 0 aliphatic carbocycles. The average Bonchev–Trinajstić information content (AvgIpc) is 2.35. The minimum absolute atomic E-state index is 0.0577. The maximum atomic E-state index is 11.3. The van der Waals surface area contributed by atoms with E-state index in [2.05, 4.69) is 10.1 Å². The Bertz CT molecular complexity index is 415. The van der Waals surface area contributed by atoms with Gasteiger partial charge in [0.2, 0.25) is 0 Å². The third-order valence-electron chi connectivity index (χ3n) is 3.03. The molecule has 0 spiro atoms. The number of carbonyl (C=O) groups excluding carboxylic acids is 1. The van der Waals surface area contributed by atoms with Crippen LogP contribution in [0, 0.1) is 6.92 Å². The highest BCUT2D eigenvalue weighted by Gasteiger charge is 2.31. The van der Waals surface area contributed by atoms with Crippen LogP contribution in [0.2, 0.25) is 0 Å². The van der Waals surface area contributed by atoms with Crippen LogP contribution in [0.4, 0.5) is 0 Å². The van der Waals surface area contributed by atoms with E-state index in [1.54, 1.807) is 0 Å². The molecule has 0 heterocycles. The number of benzene rings is 1. The van der Waals surface area contributed by atoms with Crippen molar-refractivity contribution in [1.82, 2.24) is 5.32 Å². The lowest BCUT2D eigenvalue weighted by molar-refractivity contribution is -0.160. The molecule has 1 unspecified atom stereocenters. The quantitative estimate of drug-likeness (QED) is 0.780. The lowest BCUT2D eigenvalue weighted by Gasteiger charge is -2.24. The fourth-order valence-electron chi connectivity index (χ4n) is 1.83. The van der Waals surface area contributed by atoms with Crippen molar-refractivity contribution in [2.24, 2.45) is 0 Å². The van der Waals surface area contributed by atoms with Crippen LogP contribution >= 0.6 is 0 Å². The van der Waals surface area contributed by atoms with Gasteiger partial charge in [0, 0.05) is 12.6 Å². The predicted molar refractivity (Wildman–Crippen MR) is 70.2 cm³/mol. The van der Waals surface area contributed by atoms with Gasteiger partial charge in [-0.1, -0.05) is 24.3 Å². The second-order valence-corrected chi connectivity index (χ2v) is 4.72. The van der Waals surface area contributed by atoms with Crippen molar-refractivity contribution in [2.45, 2.75) is 32.4 Å². The summed E-state index contributed by atoms with van der Waals surface area (Å²) in [7, 11) is 1.27. The first-order valence-corrected chi connectivity index (χ1v) is 5.98. The van der Waals surface area contributed by atoms with E-state index in [9.17, 15) is 9.90 Å². The summed E-state index contributed by atoms with van der Waals surface area (Å²) >= 11 is 0. The standard InChI is InChI=1S/C14H21NO3/c1-10-7-5-6-8-12(10)11(2)15-9-14(3,17)13(16)18-4/h5-8,11,15,17H,9H2,1-4H3/t11-,14?/m0/s1. The summed E-state index contributed by atoms with van der Waals surface area (Å²) in [6, 6.07) is 8.07. The highest BCUT2D eigenvalue weighted by atomic mass is 16.5. The second-order valence-electron chi connectivity index (χ2n) is 4.72. The summed E-state index contributed by atoms with van der Waals surface area (Å²) in [5.41, 5.74) is 0.819. The Balaban J connectivity index is 2.64. The van der Waals surface area contributed by atoms with Crippen molar-refractivity contribution in [3.05, 3.63) is 35.4 Å². The minimum Gasteiger partial charge on any atom is -0.467 e. The van der Waals surface area contributed by atoms with E-state index in [1.807, 2.05) is 38.1 Å². The first kappa shape index (κ1) is 14.7. The fourth-order valence-corrected chi connectivity index (χ4v) is 1.83. The number of hydrogen-bond acceptors (Lipinski definition) is 4. The summed E-state index contributed by atoms with van der Waals surface area (Å²) in [4.78, 5) is 11.3. The smallest absolute Gasteiger partial charge is 0.338 e. The van der Waals surface area contributed by atoms with Crippen molar-refractivity contribution in [3.63, 3.8) is 0 Å². The Hall–Kier alpha value is -1.39. The molecule has 1 aromatic rings. The molecule has 0 aromatic heterocycles. The first-order chi connectivity index (χ1) is 8.38. The highest BCUT2D eigenvalue weighted by molar-refractivity contribution is 5.78. The molecule has 2 N–H and O–H groups in total. The molecule has 0 fully saturated rings. The van der Waals surface area contributed by atoms with Gasteiger partial charge < -0.3 is 15.2 Å². The Labute approximate surface area is 108 Å². The Kier molecular flexibility index (Phi) is 4.87. The van der Waals surface area contributed by atoms with Crippen LogP contribution in [0.5, 0.6) is 0 Å². The van der Waals surface area contributed by atoms with Crippen LogP contribution in [0.1, 0.15) is 31.0 Å². The lowest BCUT2D eigenvalue weighted by atomic mass is 10.0. The number of carbonyl (C=O) groups is 1. The first-order valence-electron chi connectivity index (χ1n) is 5.98. The van der Waals surface area contributed by atoms with E-state index in [0.717, 1.165) is 5.56 Å². The van der Waals surface area contributed by atoms with Crippen molar-refractivity contribution in [3.8, 4) is 0 Å². The number of ether oxygens (including phenoxy) is 1. The van der Waals surface area contributed by atoms with Gasteiger partial charge in [-0.25, -0.2) is 4.79 Å². The molecule has 100 valence electrons. The number of hydrogen-bond donors (Lipinski definition) is 2. The Morgan fingerprint density at radius 3 is 2.67 bits per heavy atom. The number of methoxy groups -OCH3 is 1. The normalized spacial score (nSPS) is 15.8. The number of nitrogens with one attached hydrogen (secondary N) is 1. The molecule has 0 saturated heterocycles. The molecule has 4 nitrogen and oxygen atoms in total. The maximum Gasteiger partial charge on any atom is 0.338 e. The van der Waals surface area contributed by atoms with E-state index in [-0.39, 0.29) is 12.6 Å². The van der Waals surface area contributed by atoms with E-state index >= 15 is 0 Å². The van der Waals surface area contributed by atoms with Crippen LogP contribution < -0.4 is 5.32 Å². The molecule has 0 aliphatic rings. The zero-order valence-electron chi connectivity index (χ0n) is 11.4. The van der Waals surface area contributed by atoms with Gasteiger partial charge in [0.1, 0.15) is 0 Å². The number of esters is 1. The molecule has 1 aromatic carbocycles. The summed E-state index contributed by atoms with van der Waals surface area (Å²) in [6.07, 6.45) is 0. The lowest BCUT2D eigenvalue weighted by Crippen LogP contribution is -2.46. The summed E-state index contributed by atoms with van der Waals surface area (Å²) in [5, 5.41) is 13.1. The Morgan fingerprint density at radius 2 is 2.11 bits per heavy atom. The fraction of sp³-hybridized carbons (Fsp3) is 0.500. The van der Waals surface area contributed by atoms with Crippen LogP contribution in [0.15, 0.2) is 24.3 Å². The molecule has 0 amide bonds. The van der Waals surface area contributed by atoms with Gasteiger partial charge >= 0.3 is 5.97 Å². The number of rotatable bonds is 5. The third kappa shape index (κ3) is 3.55. The molecule has 0 saturated carbocycles. The summed E-state index contributed by atoms with van der Waals surface area (Å²) in [5.74, 6) is -0.632. The van der Waals surface area contributed by atoms with Gasteiger partial charge in [-0.2, -0.15) is 0 Å². The minimum atomic E-state index is -1.51. The van der Waals surface area contributed by atoms with Gasteiger partial charge in [0.25, 0.3) is 0 Å². The topological polar surface area (TPSA) is 58.6 Å². The van der Waals surface area contributed by atoms with Crippen LogP contribution in [-0.4, -0.2) is 30.3 Å². The van der Waals surface area contributed by atoms with Gasteiger partial charge in [-0.3, -0.25) is 0 Å². The molecule has 2 atom stereocenters. The van der Waals surface area contributed by atoms with Crippen LogP contribution in [-0.2, 0) is 9.53 Å². The Morgan fingerprint density at radius 1 is 1.50 bits per heavy atom. The van der Waals surface area contributed by atoms with Crippen molar-refractivity contribution < 1.29 is 14.6 Å². The van der Waals surface area contributed by atoms with Gasteiger partial charge in [-0.05, 0) is 31.9 Å². The molecule has 4 heteroatoms. The molecule has 0 radical (unpaired) electrons. The predicted octanol–water partition coefficient (Wildman–Crippen LogP) is 1.57. The monoisotopic (exact) mass is 251 g/mol. The average molecular weight is 251 g/mol. The molecule has 1 rings (SSSR count). The van der Waals surface area contributed by atoms with Crippen molar-refractivity contribution in [1.29, 1.82) is 0 Å². The van der Waals surface area contributed by atoms with Crippen molar-refractivity contribution in [2.75, 3.05) is 13.7 Å². The van der Waals surface area contributed by atoms with Gasteiger partial charge in [0.05, 0.1) is 7.11 Å². The molecule has 18 heavy (non-hydrogen) atoms. The van der Waals surface area contributed by atoms with Crippen LogP contribution in [0.3, 0.4) is 0 Å².